The SMILES string of the molecule is CCCn1nc(-c2ccc(C)cc2)c(C(C)(C)C)c1O. The molecule has 0 fully saturated rings. The molecule has 1 heterocycles. The van der Waals surface area contributed by atoms with Crippen LogP contribution >= 0.6 is 0 Å². The molecule has 108 valence electrons. The Balaban J connectivity index is 2.62. The molecule has 3 nitrogen and oxygen atoms in total. The Hall–Kier alpha value is -1.77. The lowest BCUT2D eigenvalue weighted by Crippen LogP contribution is -2.12. The molecule has 0 unspecified atom stereocenters. The Morgan fingerprint density at radius 1 is 1.15 bits per heavy atom. The third kappa shape index (κ3) is 2.72. The molecular weight excluding hydrogens is 248 g/mol. The summed E-state index contributed by atoms with van der Waals surface area (Å²) in [6, 6.07) is 8.31. The number of benzene rings is 1. The van der Waals surface area contributed by atoms with Crippen molar-refractivity contribution in [2.45, 2.75) is 53.0 Å². The lowest BCUT2D eigenvalue weighted by molar-refractivity contribution is 0.383. The van der Waals surface area contributed by atoms with E-state index in [1.165, 1.54) is 5.56 Å². The van der Waals surface area contributed by atoms with Crippen molar-refractivity contribution in [3.63, 3.8) is 0 Å². The number of aromatic nitrogens is 2. The van der Waals surface area contributed by atoms with Crippen molar-refractivity contribution in [1.82, 2.24) is 9.78 Å². The largest absolute Gasteiger partial charge is 0.493 e. The molecule has 0 bridgehead atoms. The van der Waals surface area contributed by atoms with Gasteiger partial charge in [0.25, 0.3) is 0 Å². The molecule has 0 spiro atoms. The van der Waals surface area contributed by atoms with Gasteiger partial charge in [-0.2, -0.15) is 5.10 Å². The summed E-state index contributed by atoms with van der Waals surface area (Å²) in [5, 5.41) is 15.1. The first-order chi connectivity index (χ1) is 9.34. The monoisotopic (exact) mass is 272 g/mol. The van der Waals surface area contributed by atoms with Crippen molar-refractivity contribution in [3.8, 4) is 17.1 Å². The number of aryl methyl sites for hydroxylation is 2. The zero-order chi connectivity index (χ0) is 14.9. The Morgan fingerprint density at radius 2 is 1.75 bits per heavy atom. The van der Waals surface area contributed by atoms with Crippen LogP contribution in [0.3, 0.4) is 0 Å². The summed E-state index contributed by atoms with van der Waals surface area (Å²) in [5.41, 5.74) is 3.96. The second kappa shape index (κ2) is 5.31. The van der Waals surface area contributed by atoms with E-state index < -0.39 is 0 Å². The summed E-state index contributed by atoms with van der Waals surface area (Å²) in [4.78, 5) is 0. The van der Waals surface area contributed by atoms with Crippen LogP contribution < -0.4 is 0 Å². The van der Waals surface area contributed by atoms with Crippen LogP contribution in [0.2, 0.25) is 0 Å². The van der Waals surface area contributed by atoms with E-state index in [1.54, 1.807) is 4.68 Å². The molecule has 2 aromatic rings. The molecule has 0 aliphatic rings. The first-order valence-electron chi connectivity index (χ1n) is 7.22. The highest BCUT2D eigenvalue weighted by Gasteiger charge is 2.28. The van der Waals surface area contributed by atoms with Crippen molar-refractivity contribution in [3.05, 3.63) is 35.4 Å². The highest BCUT2D eigenvalue weighted by atomic mass is 16.3. The van der Waals surface area contributed by atoms with Gasteiger partial charge < -0.3 is 5.11 Å². The lowest BCUT2D eigenvalue weighted by Gasteiger charge is -2.19. The first-order valence-corrected chi connectivity index (χ1v) is 7.22. The average Bonchev–Trinajstić information content (AvgIpc) is 2.68. The van der Waals surface area contributed by atoms with E-state index >= 15 is 0 Å². The number of aromatic hydroxyl groups is 1. The predicted octanol–water partition coefficient (Wildman–Crippen LogP) is 4.27. The number of hydrogen-bond acceptors (Lipinski definition) is 2. The molecule has 0 saturated heterocycles. The quantitative estimate of drug-likeness (QED) is 0.906. The zero-order valence-corrected chi connectivity index (χ0v) is 13.1. The molecule has 0 atom stereocenters. The molecule has 0 amide bonds. The zero-order valence-electron chi connectivity index (χ0n) is 13.1. The Labute approximate surface area is 121 Å². The molecule has 1 aromatic carbocycles. The minimum Gasteiger partial charge on any atom is -0.493 e. The summed E-state index contributed by atoms with van der Waals surface area (Å²) >= 11 is 0. The van der Waals surface area contributed by atoms with Crippen molar-refractivity contribution >= 4 is 0 Å². The highest BCUT2D eigenvalue weighted by molar-refractivity contribution is 5.67. The van der Waals surface area contributed by atoms with Gasteiger partial charge in [0.1, 0.15) is 0 Å². The topological polar surface area (TPSA) is 38.0 Å². The van der Waals surface area contributed by atoms with Gasteiger partial charge in [0, 0.05) is 17.7 Å². The van der Waals surface area contributed by atoms with E-state index in [9.17, 15) is 5.11 Å². The maximum Gasteiger partial charge on any atom is 0.213 e. The molecule has 0 radical (unpaired) electrons. The lowest BCUT2D eigenvalue weighted by atomic mass is 9.85. The van der Waals surface area contributed by atoms with Gasteiger partial charge >= 0.3 is 0 Å². The van der Waals surface area contributed by atoms with Crippen LogP contribution in [0.15, 0.2) is 24.3 Å². The van der Waals surface area contributed by atoms with Gasteiger partial charge in [-0.25, -0.2) is 4.68 Å². The van der Waals surface area contributed by atoms with Gasteiger partial charge in [-0.15, -0.1) is 0 Å². The van der Waals surface area contributed by atoms with Crippen LogP contribution in [0.25, 0.3) is 11.3 Å². The van der Waals surface area contributed by atoms with Crippen LogP contribution in [0.4, 0.5) is 0 Å². The minimum atomic E-state index is -0.143. The van der Waals surface area contributed by atoms with E-state index in [0.717, 1.165) is 29.8 Å². The van der Waals surface area contributed by atoms with E-state index in [4.69, 9.17) is 0 Å². The van der Waals surface area contributed by atoms with Crippen LogP contribution in [0.1, 0.15) is 45.2 Å². The van der Waals surface area contributed by atoms with Crippen LogP contribution in [-0.2, 0) is 12.0 Å². The Bertz CT molecular complexity index is 589. The predicted molar refractivity (Wildman–Crippen MR) is 83.1 cm³/mol. The van der Waals surface area contributed by atoms with Gasteiger partial charge in [0.2, 0.25) is 5.88 Å². The average molecular weight is 272 g/mol. The standard InChI is InChI=1S/C17H24N2O/c1-6-11-19-16(20)14(17(3,4)5)15(18-19)13-9-7-12(2)8-10-13/h7-10,20H,6,11H2,1-5H3. The van der Waals surface area contributed by atoms with Crippen LogP contribution in [-0.4, -0.2) is 14.9 Å². The fourth-order valence-electron chi connectivity index (χ4n) is 2.42. The van der Waals surface area contributed by atoms with E-state index in [2.05, 4.69) is 64.0 Å². The maximum atomic E-state index is 10.5. The summed E-state index contributed by atoms with van der Waals surface area (Å²) in [6.07, 6.45) is 0.951. The molecular formula is C17H24N2O. The van der Waals surface area contributed by atoms with E-state index in [0.29, 0.717) is 5.88 Å². The molecule has 0 aliphatic carbocycles. The third-order valence-corrected chi connectivity index (χ3v) is 3.44. The normalized spacial score (nSPS) is 11.8. The number of rotatable bonds is 3. The van der Waals surface area contributed by atoms with Gasteiger partial charge in [0.15, 0.2) is 0 Å². The summed E-state index contributed by atoms with van der Waals surface area (Å²) in [5.74, 6) is 0.301. The maximum absolute atomic E-state index is 10.5. The van der Waals surface area contributed by atoms with E-state index in [-0.39, 0.29) is 5.41 Å². The fraction of sp³-hybridized carbons (Fsp3) is 0.471. The van der Waals surface area contributed by atoms with Crippen molar-refractivity contribution in [2.75, 3.05) is 0 Å². The number of hydrogen-bond donors (Lipinski definition) is 1. The van der Waals surface area contributed by atoms with Gasteiger partial charge in [-0.1, -0.05) is 57.5 Å². The molecule has 0 saturated carbocycles. The van der Waals surface area contributed by atoms with Gasteiger partial charge in [0.05, 0.1) is 5.69 Å². The summed E-state index contributed by atoms with van der Waals surface area (Å²) < 4.78 is 1.72. The summed E-state index contributed by atoms with van der Waals surface area (Å²) in [7, 11) is 0. The minimum absolute atomic E-state index is 0.143. The van der Waals surface area contributed by atoms with Crippen LogP contribution in [0.5, 0.6) is 5.88 Å². The second-order valence-electron chi connectivity index (χ2n) is 6.39. The molecule has 1 aromatic heterocycles. The first kappa shape index (κ1) is 14.6. The molecule has 2 rings (SSSR count). The van der Waals surface area contributed by atoms with Crippen molar-refractivity contribution in [1.29, 1.82) is 0 Å². The van der Waals surface area contributed by atoms with Crippen molar-refractivity contribution in [2.24, 2.45) is 0 Å². The fourth-order valence-corrected chi connectivity index (χ4v) is 2.42. The summed E-state index contributed by atoms with van der Waals surface area (Å²) in [6.45, 7) is 11.2. The van der Waals surface area contributed by atoms with Crippen LogP contribution in [0, 0.1) is 6.92 Å². The number of nitrogens with zero attached hydrogens (tertiary/aromatic N) is 2. The third-order valence-electron chi connectivity index (χ3n) is 3.44. The van der Waals surface area contributed by atoms with E-state index in [1.807, 2.05) is 0 Å². The second-order valence-corrected chi connectivity index (χ2v) is 6.39. The van der Waals surface area contributed by atoms with Crippen molar-refractivity contribution < 1.29 is 5.11 Å². The Kier molecular flexibility index (Phi) is 3.89. The molecule has 3 heteroatoms. The van der Waals surface area contributed by atoms with Gasteiger partial charge in [-0.05, 0) is 18.8 Å². The molecule has 1 N–H and O–H groups in total. The molecule has 20 heavy (non-hydrogen) atoms. The Morgan fingerprint density at radius 3 is 2.25 bits per heavy atom. The smallest absolute Gasteiger partial charge is 0.213 e. The highest BCUT2D eigenvalue weighted by Crippen LogP contribution is 2.38. The van der Waals surface area contributed by atoms with Gasteiger partial charge in [-0.3, -0.25) is 0 Å². The molecule has 0 aliphatic heterocycles.